The second-order valence-corrected chi connectivity index (χ2v) is 7.08. The van der Waals surface area contributed by atoms with Crippen molar-refractivity contribution in [2.75, 3.05) is 26.3 Å². The fraction of sp³-hybridized carbons (Fsp3) is 0.478. The Kier molecular flexibility index (Phi) is 9.68. The highest BCUT2D eigenvalue weighted by Gasteiger charge is 2.21. The largest absolute Gasteiger partial charge is 0.489 e. The van der Waals surface area contributed by atoms with Crippen molar-refractivity contribution in [3.63, 3.8) is 0 Å². The van der Waals surface area contributed by atoms with E-state index in [1.807, 2.05) is 30.3 Å². The second kappa shape index (κ2) is 12.0. The average molecular weight is 390 g/mol. The Bertz CT molecular complexity index is 631. The third-order valence-corrected chi connectivity index (χ3v) is 5.05. The van der Waals surface area contributed by atoms with Gasteiger partial charge < -0.3 is 9.47 Å². The molecule has 3 rings (SSSR count). The van der Waals surface area contributed by atoms with Crippen molar-refractivity contribution in [2.45, 2.75) is 45.3 Å². The second-order valence-electron chi connectivity index (χ2n) is 7.08. The van der Waals surface area contributed by atoms with Crippen molar-refractivity contribution in [1.82, 2.24) is 4.90 Å². The number of hydrogen-bond acceptors (Lipinski definition) is 3. The molecule has 2 aromatic carbocycles. The molecule has 0 aliphatic carbocycles. The number of para-hydroxylation sites is 1. The summed E-state index contributed by atoms with van der Waals surface area (Å²) in [7, 11) is 0. The van der Waals surface area contributed by atoms with E-state index in [4.69, 9.17) is 9.47 Å². The van der Waals surface area contributed by atoms with Gasteiger partial charge in [0, 0.05) is 12.6 Å². The van der Waals surface area contributed by atoms with Crippen LogP contribution in [0.15, 0.2) is 54.6 Å². The maximum absolute atomic E-state index is 5.81. The van der Waals surface area contributed by atoms with Gasteiger partial charge in [0.15, 0.2) is 0 Å². The van der Waals surface area contributed by atoms with Crippen molar-refractivity contribution in [1.29, 1.82) is 0 Å². The maximum Gasteiger partial charge on any atom is 0.119 e. The first kappa shape index (κ1) is 21.7. The summed E-state index contributed by atoms with van der Waals surface area (Å²) in [4.78, 5) is 2.62. The van der Waals surface area contributed by atoms with Gasteiger partial charge in [-0.2, -0.15) is 0 Å². The fourth-order valence-electron chi connectivity index (χ4n) is 3.55. The van der Waals surface area contributed by atoms with E-state index in [-0.39, 0.29) is 12.4 Å². The summed E-state index contributed by atoms with van der Waals surface area (Å²) >= 11 is 0. The first-order valence-electron chi connectivity index (χ1n) is 9.92. The Hall–Kier alpha value is -1.55. The zero-order valence-corrected chi connectivity index (χ0v) is 17.1. The van der Waals surface area contributed by atoms with Crippen LogP contribution in [-0.4, -0.2) is 37.2 Å². The molecule has 3 nitrogen and oxygen atoms in total. The molecule has 0 bridgehead atoms. The van der Waals surface area contributed by atoms with Gasteiger partial charge in [-0.1, -0.05) is 55.8 Å². The molecule has 2 aromatic rings. The lowest BCUT2D eigenvalue weighted by atomic mass is 10.1. The van der Waals surface area contributed by atoms with Crippen molar-refractivity contribution < 1.29 is 9.47 Å². The molecule has 0 aromatic heterocycles. The van der Waals surface area contributed by atoms with Gasteiger partial charge in [0.25, 0.3) is 0 Å². The highest BCUT2D eigenvalue weighted by molar-refractivity contribution is 5.85. The Labute approximate surface area is 170 Å². The van der Waals surface area contributed by atoms with Crippen molar-refractivity contribution >= 4 is 12.4 Å². The molecule has 0 saturated carbocycles. The lowest BCUT2D eigenvalue weighted by Gasteiger charge is -2.35. The van der Waals surface area contributed by atoms with E-state index in [9.17, 15) is 0 Å². The molecule has 1 aliphatic rings. The molecule has 1 unspecified atom stereocenters. The summed E-state index contributed by atoms with van der Waals surface area (Å²) in [6.07, 6.45) is 4.82. The van der Waals surface area contributed by atoms with Crippen LogP contribution < -0.4 is 4.74 Å². The normalized spacial score (nSPS) is 17.3. The average Bonchev–Trinajstić information content (AvgIpc) is 2.70. The van der Waals surface area contributed by atoms with Gasteiger partial charge in [-0.3, -0.25) is 4.90 Å². The van der Waals surface area contributed by atoms with Crippen LogP contribution in [0.25, 0.3) is 0 Å². The van der Waals surface area contributed by atoms with E-state index in [0.717, 1.165) is 31.9 Å². The molecule has 1 atom stereocenters. The first-order chi connectivity index (χ1) is 12.8. The molecule has 0 radical (unpaired) electrons. The predicted octanol–water partition coefficient (Wildman–Crippen LogP) is 5.12. The Morgan fingerprint density at radius 3 is 2.52 bits per heavy atom. The molecule has 148 valence electrons. The summed E-state index contributed by atoms with van der Waals surface area (Å²) in [6.45, 7) is 6.93. The van der Waals surface area contributed by atoms with Gasteiger partial charge in [-0.25, -0.2) is 0 Å². The number of nitrogens with zero attached hydrogens (tertiary/aromatic N) is 1. The van der Waals surface area contributed by atoms with Gasteiger partial charge in [-0.05, 0) is 49.1 Å². The summed E-state index contributed by atoms with van der Waals surface area (Å²) in [5, 5.41) is 0. The van der Waals surface area contributed by atoms with E-state index in [0.29, 0.717) is 12.6 Å². The quantitative estimate of drug-likeness (QED) is 0.594. The smallest absolute Gasteiger partial charge is 0.119 e. The molecule has 0 N–H and O–H groups in total. The number of rotatable bonds is 9. The van der Waals surface area contributed by atoms with Crippen molar-refractivity contribution in [2.24, 2.45) is 0 Å². The summed E-state index contributed by atoms with van der Waals surface area (Å²) in [5.74, 6) is 0.920. The van der Waals surface area contributed by atoms with E-state index in [1.54, 1.807) is 0 Å². The topological polar surface area (TPSA) is 21.7 Å². The third kappa shape index (κ3) is 7.17. The monoisotopic (exact) mass is 389 g/mol. The van der Waals surface area contributed by atoms with Gasteiger partial charge in [-0.15, -0.1) is 12.4 Å². The molecule has 27 heavy (non-hydrogen) atoms. The SMILES string of the molecule is CCCC1COCCN1CCCc1ccc(COc2ccccc2)cc1.Cl. The minimum atomic E-state index is 0. The number of hydrogen-bond donors (Lipinski definition) is 0. The van der Waals surface area contributed by atoms with E-state index >= 15 is 0 Å². The van der Waals surface area contributed by atoms with Crippen LogP contribution in [0.4, 0.5) is 0 Å². The number of ether oxygens (including phenoxy) is 2. The maximum atomic E-state index is 5.81. The third-order valence-electron chi connectivity index (χ3n) is 5.05. The fourth-order valence-corrected chi connectivity index (χ4v) is 3.55. The number of benzene rings is 2. The zero-order chi connectivity index (χ0) is 18.0. The molecule has 4 heteroatoms. The Balaban J connectivity index is 0.00000261. The van der Waals surface area contributed by atoms with Crippen LogP contribution in [0, 0.1) is 0 Å². The predicted molar refractivity (Wildman–Crippen MR) is 114 cm³/mol. The van der Waals surface area contributed by atoms with Gasteiger partial charge in [0.05, 0.1) is 13.2 Å². The minimum Gasteiger partial charge on any atom is -0.489 e. The summed E-state index contributed by atoms with van der Waals surface area (Å²) in [5.41, 5.74) is 2.63. The lowest BCUT2D eigenvalue weighted by molar-refractivity contribution is -0.0108. The van der Waals surface area contributed by atoms with E-state index in [1.165, 1.54) is 36.9 Å². The zero-order valence-electron chi connectivity index (χ0n) is 16.3. The van der Waals surface area contributed by atoms with Crippen LogP contribution >= 0.6 is 12.4 Å². The molecule has 0 amide bonds. The van der Waals surface area contributed by atoms with Gasteiger partial charge >= 0.3 is 0 Å². The molecule has 1 aliphatic heterocycles. The highest BCUT2D eigenvalue weighted by atomic mass is 35.5. The van der Waals surface area contributed by atoms with Crippen LogP contribution in [0.3, 0.4) is 0 Å². The molecule has 1 saturated heterocycles. The first-order valence-corrected chi connectivity index (χ1v) is 9.92. The summed E-state index contributed by atoms with van der Waals surface area (Å²) < 4.78 is 11.5. The number of aryl methyl sites for hydroxylation is 1. The van der Waals surface area contributed by atoms with Crippen molar-refractivity contribution in [3.05, 3.63) is 65.7 Å². The van der Waals surface area contributed by atoms with E-state index < -0.39 is 0 Å². The Morgan fingerprint density at radius 2 is 1.78 bits per heavy atom. The number of halogens is 1. The number of morpholine rings is 1. The van der Waals surface area contributed by atoms with Crippen LogP contribution in [0.1, 0.15) is 37.3 Å². The molecule has 1 fully saturated rings. The van der Waals surface area contributed by atoms with Crippen LogP contribution in [0.5, 0.6) is 5.75 Å². The summed E-state index contributed by atoms with van der Waals surface area (Å²) in [6, 6.07) is 19.5. The standard InChI is InChI=1S/C23H31NO2.ClH/c1-2-7-22-19-25-17-16-24(22)15-6-8-20-11-13-21(14-12-20)18-26-23-9-4-3-5-10-23;/h3-5,9-14,22H,2,6-8,15-19H2,1H3;1H. The van der Waals surface area contributed by atoms with Gasteiger partial charge in [0.2, 0.25) is 0 Å². The molecular weight excluding hydrogens is 358 g/mol. The van der Waals surface area contributed by atoms with Crippen molar-refractivity contribution in [3.8, 4) is 5.75 Å². The Morgan fingerprint density at radius 1 is 1.04 bits per heavy atom. The lowest BCUT2D eigenvalue weighted by Crippen LogP contribution is -2.45. The van der Waals surface area contributed by atoms with Crippen LogP contribution in [-0.2, 0) is 17.8 Å². The minimum absolute atomic E-state index is 0. The van der Waals surface area contributed by atoms with E-state index in [2.05, 4.69) is 36.1 Å². The van der Waals surface area contributed by atoms with Crippen LogP contribution in [0.2, 0.25) is 0 Å². The molecule has 0 spiro atoms. The highest BCUT2D eigenvalue weighted by Crippen LogP contribution is 2.15. The van der Waals surface area contributed by atoms with Gasteiger partial charge in [0.1, 0.15) is 12.4 Å². The molecule has 1 heterocycles. The molecular formula is C23H32ClNO2.